The molecule has 0 bridgehead atoms. The molecule has 5 nitrogen and oxygen atoms in total. The van der Waals surface area contributed by atoms with Gasteiger partial charge in [0.05, 0.1) is 4.90 Å². The minimum absolute atomic E-state index is 0.0997. The molecule has 0 aromatic heterocycles. The van der Waals surface area contributed by atoms with Crippen LogP contribution in [0.15, 0.2) is 29.2 Å². The highest BCUT2D eigenvalue weighted by Crippen LogP contribution is 2.27. The molecular formula is C11H15ClN2O3S. The Morgan fingerprint density at radius 2 is 2.06 bits per heavy atom. The molecule has 0 spiro atoms. The van der Waals surface area contributed by atoms with Crippen molar-refractivity contribution in [3.05, 3.63) is 29.3 Å². The minimum Gasteiger partial charge on any atom is -0.386 e. The zero-order chi connectivity index (χ0) is 13.4. The third-order valence-electron chi connectivity index (χ3n) is 3.23. The van der Waals surface area contributed by atoms with E-state index in [9.17, 15) is 13.5 Å². The topological polar surface area (TPSA) is 92.4 Å². The molecule has 1 fully saturated rings. The Kier molecular flexibility index (Phi) is 3.66. The highest BCUT2D eigenvalue weighted by Gasteiger charge is 2.48. The number of β-amino-alcohol motifs (C(OH)–C–C–N with tert-alkyl or cyclic N) is 1. The van der Waals surface area contributed by atoms with E-state index in [-0.39, 0.29) is 24.5 Å². The molecule has 4 N–H and O–H groups in total. The first kappa shape index (κ1) is 13.8. The first-order valence-electron chi connectivity index (χ1n) is 5.53. The van der Waals surface area contributed by atoms with Crippen LogP contribution in [0, 0.1) is 0 Å². The molecule has 7 heteroatoms. The first-order valence-corrected chi connectivity index (χ1v) is 7.45. The molecule has 1 aliphatic rings. The largest absolute Gasteiger partial charge is 0.386 e. The zero-order valence-electron chi connectivity index (χ0n) is 9.64. The molecule has 0 unspecified atom stereocenters. The summed E-state index contributed by atoms with van der Waals surface area (Å²) >= 11 is 5.73. The lowest BCUT2D eigenvalue weighted by atomic mass is 10.0. The SMILES string of the molecule is NC[C@@]1(O)CNC[C@@H]1S(=O)(=O)c1ccc(Cl)cc1. The lowest BCUT2D eigenvalue weighted by Gasteiger charge is -2.27. The van der Waals surface area contributed by atoms with E-state index in [1.807, 2.05) is 0 Å². The predicted octanol–water partition coefficient (Wildman–Crippen LogP) is -0.225. The molecule has 0 radical (unpaired) electrons. The van der Waals surface area contributed by atoms with E-state index >= 15 is 0 Å². The van der Waals surface area contributed by atoms with Gasteiger partial charge in [-0.3, -0.25) is 0 Å². The number of nitrogens with two attached hydrogens (primary N) is 1. The van der Waals surface area contributed by atoms with Crippen LogP contribution in [0.2, 0.25) is 5.02 Å². The molecule has 1 heterocycles. The normalized spacial score (nSPS) is 28.5. The fourth-order valence-corrected chi connectivity index (χ4v) is 4.18. The maximum absolute atomic E-state index is 12.4. The van der Waals surface area contributed by atoms with Gasteiger partial charge in [-0.2, -0.15) is 0 Å². The Hall–Kier alpha value is -0.660. The molecule has 100 valence electrons. The molecule has 1 aromatic rings. The van der Waals surface area contributed by atoms with E-state index in [4.69, 9.17) is 17.3 Å². The van der Waals surface area contributed by atoms with Crippen LogP contribution in [0.1, 0.15) is 0 Å². The third-order valence-corrected chi connectivity index (χ3v) is 5.77. The van der Waals surface area contributed by atoms with E-state index < -0.39 is 20.7 Å². The van der Waals surface area contributed by atoms with Gasteiger partial charge < -0.3 is 16.2 Å². The Balaban J connectivity index is 2.40. The van der Waals surface area contributed by atoms with Crippen molar-refractivity contribution < 1.29 is 13.5 Å². The van der Waals surface area contributed by atoms with Gasteiger partial charge in [0.25, 0.3) is 0 Å². The van der Waals surface area contributed by atoms with E-state index in [0.29, 0.717) is 5.02 Å². The number of rotatable bonds is 3. The van der Waals surface area contributed by atoms with Gasteiger partial charge in [0.2, 0.25) is 0 Å². The van der Waals surface area contributed by atoms with Crippen molar-refractivity contribution in [3.63, 3.8) is 0 Å². The summed E-state index contributed by atoms with van der Waals surface area (Å²) in [7, 11) is -3.63. The Morgan fingerprint density at radius 1 is 1.44 bits per heavy atom. The fourth-order valence-electron chi connectivity index (χ4n) is 2.11. The van der Waals surface area contributed by atoms with Gasteiger partial charge in [0, 0.05) is 24.7 Å². The smallest absolute Gasteiger partial charge is 0.185 e. The lowest BCUT2D eigenvalue weighted by Crippen LogP contribution is -2.51. The molecule has 2 atom stereocenters. The third kappa shape index (κ3) is 2.26. The molecule has 1 aromatic carbocycles. The summed E-state index contributed by atoms with van der Waals surface area (Å²) in [6.07, 6.45) is 0. The average Bonchev–Trinajstić information content (AvgIpc) is 2.73. The van der Waals surface area contributed by atoms with E-state index in [1.54, 1.807) is 0 Å². The van der Waals surface area contributed by atoms with Crippen LogP contribution in [0.5, 0.6) is 0 Å². The van der Waals surface area contributed by atoms with Gasteiger partial charge in [-0.15, -0.1) is 0 Å². The zero-order valence-corrected chi connectivity index (χ0v) is 11.2. The maximum Gasteiger partial charge on any atom is 0.185 e. The van der Waals surface area contributed by atoms with Crippen LogP contribution in [0.3, 0.4) is 0 Å². The highest BCUT2D eigenvalue weighted by molar-refractivity contribution is 7.92. The molecule has 18 heavy (non-hydrogen) atoms. The van der Waals surface area contributed by atoms with Crippen molar-refractivity contribution in [1.29, 1.82) is 0 Å². The van der Waals surface area contributed by atoms with Gasteiger partial charge in [0.15, 0.2) is 9.84 Å². The molecule has 1 saturated heterocycles. The number of sulfone groups is 1. The van der Waals surface area contributed by atoms with Crippen LogP contribution in [-0.4, -0.2) is 44.0 Å². The quantitative estimate of drug-likeness (QED) is 0.715. The van der Waals surface area contributed by atoms with Crippen LogP contribution in [0.4, 0.5) is 0 Å². The number of hydrogen-bond acceptors (Lipinski definition) is 5. The summed E-state index contributed by atoms with van der Waals surface area (Å²) in [6, 6.07) is 5.90. The van der Waals surface area contributed by atoms with E-state index in [0.717, 1.165) is 0 Å². The Morgan fingerprint density at radius 3 is 2.61 bits per heavy atom. The monoisotopic (exact) mass is 290 g/mol. The summed E-state index contributed by atoms with van der Waals surface area (Å²) in [4.78, 5) is 0.146. The van der Waals surface area contributed by atoms with Crippen LogP contribution >= 0.6 is 11.6 Å². The van der Waals surface area contributed by atoms with Gasteiger partial charge >= 0.3 is 0 Å². The van der Waals surface area contributed by atoms with Gasteiger partial charge in [-0.05, 0) is 24.3 Å². The van der Waals surface area contributed by atoms with E-state index in [1.165, 1.54) is 24.3 Å². The van der Waals surface area contributed by atoms with Gasteiger partial charge in [-0.25, -0.2) is 8.42 Å². The second-order valence-electron chi connectivity index (χ2n) is 4.43. The fraction of sp³-hybridized carbons (Fsp3) is 0.455. The second-order valence-corrected chi connectivity index (χ2v) is 6.99. The minimum atomic E-state index is -3.63. The van der Waals surface area contributed by atoms with Crippen molar-refractivity contribution in [2.45, 2.75) is 15.7 Å². The average molecular weight is 291 g/mol. The summed E-state index contributed by atoms with van der Waals surface area (Å²) in [6.45, 7) is 0.275. The standard InChI is InChI=1S/C11H15ClN2O3S/c12-8-1-3-9(4-2-8)18(16,17)10-5-14-7-11(10,15)6-13/h1-4,10,14-15H,5-7,13H2/t10-,11+/m0/s1. The molecule has 2 rings (SSSR count). The highest BCUT2D eigenvalue weighted by atomic mass is 35.5. The molecule has 0 saturated carbocycles. The second kappa shape index (κ2) is 4.79. The summed E-state index contributed by atoms with van der Waals surface area (Å²) in [5.41, 5.74) is 4.06. The summed E-state index contributed by atoms with van der Waals surface area (Å²) in [5.74, 6) is 0. The number of halogens is 1. The van der Waals surface area contributed by atoms with Gasteiger partial charge in [0.1, 0.15) is 10.9 Å². The van der Waals surface area contributed by atoms with Crippen LogP contribution < -0.4 is 11.1 Å². The molecule has 0 aliphatic carbocycles. The van der Waals surface area contributed by atoms with Gasteiger partial charge in [-0.1, -0.05) is 11.6 Å². The Bertz CT molecular complexity index is 532. The first-order chi connectivity index (χ1) is 8.40. The van der Waals surface area contributed by atoms with Crippen molar-refractivity contribution in [1.82, 2.24) is 5.32 Å². The number of aliphatic hydroxyl groups is 1. The van der Waals surface area contributed by atoms with Crippen molar-refractivity contribution in [3.8, 4) is 0 Å². The molecular weight excluding hydrogens is 276 g/mol. The molecule has 1 aliphatic heterocycles. The molecule has 0 amide bonds. The maximum atomic E-state index is 12.4. The lowest BCUT2D eigenvalue weighted by molar-refractivity contribution is 0.0734. The Labute approximate surface area is 111 Å². The number of nitrogens with one attached hydrogen (secondary N) is 1. The summed E-state index contributed by atoms with van der Waals surface area (Å²) in [5, 5.41) is 12.6. The number of hydrogen-bond donors (Lipinski definition) is 3. The van der Waals surface area contributed by atoms with E-state index in [2.05, 4.69) is 5.32 Å². The summed E-state index contributed by atoms with van der Waals surface area (Å²) < 4.78 is 24.8. The number of benzene rings is 1. The van der Waals surface area contributed by atoms with Crippen molar-refractivity contribution in [2.75, 3.05) is 19.6 Å². The van der Waals surface area contributed by atoms with Crippen LogP contribution in [0.25, 0.3) is 0 Å². The van der Waals surface area contributed by atoms with Crippen molar-refractivity contribution >= 4 is 21.4 Å². The van der Waals surface area contributed by atoms with Crippen LogP contribution in [-0.2, 0) is 9.84 Å². The predicted molar refractivity (Wildman–Crippen MR) is 69.3 cm³/mol. The van der Waals surface area contributed by atoms with Crippen molar-refractivity contribution in [2.24, 2.45) is 5.73 Å².